The first kappa shape index (κ1) is 12.0. The highest BCUT2D eigenvalue weighted by Gasteiger charge is 2.07. The molecule has 4 heteroatoms. The zero-order valence-corrected chi connectivity index (χ0v) is 13.9. The van der Waals surface area contributed by atoms with Gasteiger partial charge in [-0.3, -0.25) is 4.79 Å². The summed E-state index contributed by atoms with van der Waals surface area (Å²) in [4.78, 5) is 10.7. The van der Waals surface area contributed by atoms with Gasteiger partial charge in [0.25, 0.3) is 0 Å². The molecule has 0 atom stereocenters. The van der Waals surface area contributed by atoms with E-state index in [0.717, 1.165) is 20.8 Å². The van der Waals surface area contributed by atoms with E-state index in [2.05, 4.69) is 79.9 Å². The molecule has 76 valence electrons. The van der Waals surface area contributed by atoms with Crippen molar-refractivity contribution in [1.29, 1.82) is 0 Å². The van der Waals surface area contributed by atoms with Crippen LogP contribution in [0.5, 0.6) is 0 Å². The molecule has 0 amide bonds. The summed E-state index contributed by atoms with van der Waals surface area (Å²) in [6, 6.07) is 8.00. The average molecular weight is 534 g/mol. The van der Waals surface area contributed by atoms with Crippen LogP contribution in [0.4, 0.5) is 0 Å². The molecule has 0 N–H and O–H groups in total. The lowest BCUT2D eigenvalue weighted by Gasteiger charge is -2.06. The van der Waals surface area contributed by atoms with Crippen LogP contribution in [-0.2, 0) is 0 Å². The number of hydrogen-bond donors (Lipinski definition) is 0. The summed E-state index contributed by atoms with van der Waals surface area (Å²) in [5.74, 6) is 0. The molecule has 0 aliphatic carbocycles. The van der Waals surface area contributed by atoms with Crippen LogP contribution in [0, 0.1) is 10.7 Å². The number of fused-ring (bicyclic) bond motifs is 1. The average Bonchev–Trinajstić information content (AvgIpc) is 2.23. The number of rotatable bonds is 1. The van der Waals surface area contributed by atoms with Crippen LogP contribution in [-0.4, -0.2) is 6.29 Å². The van der Waals surface area contributed by atoms with Crippen molar-refractivity contribution >= 4 is 84.8 Å². The minimum atomic E-state index is 0.740. The van der Waals surface area contributed by atoms with Gasteiger partial charge in [-0.2, -0.15) is 0 Å². The molecular formula is C11H5I3O. The van der Waals surface area contributed by atoms with Crippen molar-refractivity contribution in [1.82, 2.24) is 0 Å². The molecule has 0 radical (unpaired) electrons. The molecule has 0 bridgehead atoms. The molecule has 0 aliphatic heterocycles. The quantitative estimate of drug-likeness (QED) is 0.391. The number of hydrogen-bond acceptors (Lipinski definition) is 1. The highest BCUT2D eigenvalue weighted by molar-refractivity contribution is 14.1. The van der Waals surface area contributed by atoms with E-state index in [9.17, 15) is 4.79 Å². The second-order valence-corrected chi connectivity index (χ2v) is 6.48. The molecule has 0 fully saturated rings. The van der Waals surface area contributed by atoms with E-state index >= 15 is 0 Å². The number of halogens is 3. The lowest BCUT2D eigenvalue weighted by atomic mass is 10.1. The molecule has 0 unspecified atom stereocenters. The van der Waals surface area contributed by atoms with Crippen LogP contribution in [0.25, 0.3) is 10.8 Å². The standard InChI is InChI=1S/C11H5I3O/c12-8-2-1-7-3-6(5-15)4-9(13)10(7)11(8)14/h1-5H. The lowest BCUT2D eigenvalue weighted by Crippen LogP contribution is -1.89. The molecule has 1 nitrogen and oxygen atoms in total. The van der Waals surface area contributed by atoms with Crippen molar-refractivity contribution in [3.8, 4) is 0 Å². The fraction of sp³-hybridized carbons (Fsp3) is 0. The van der Waals surface area contributed by atoms with Crippen molar-refractivity contribution < 1.29 is 4.79 Å². The van der Waals surface area contributed by atoms with E-state index in [1.54, 1.807) is 0 Å². The van der Waals surface area contributed by atoms with Gasteiger partial charge in [-0.05, 0) is 91.4 Å². The monoisotopic (exact) mass is 534 g/mol. The van der Waals surface area contributed by atoms with E-state index in [0.29, 0.717) is 0 Å². The first-order valence-electron chi connectivity index (χ1n) is 4.16. The van der Waals surface area contributed by atoms with Gasteiger partial charge in [0.15, 0.2) is 0 Å². The summed E-state index contributed by atoms with van der Waals surface area (Å²) in [5, 5.41) is 2.38. The summed E-state index contributed by atoms with van der Waals surface area (Å²) in [5.41, 5.74) is 0.740. The number of carbonyl (C=O) groups excluding carboxylic acids is 1. The van der Waals surface area contributed by atoms with Crippen LogP contribution < -0.4 is 0 Å². The minimum Gasteiger partial charge on any atom is -0.298 e. The Kier molecular flexibility index (Phi) is 3.87. The topological polar surface area (TPSA) is 17.1 Å². The second kappa shape index (κ2) is 4.82. The fourth-order valence-corrected chi connectivity index (χ4v) is 4.12. The third-order valence-electron chi connectivity index (χ3n) is 2.12. The van der Waals surface area contributed by atoms with Gasteiger partial charge in [-0.15, -0.1) is 0 Å². The Morgan fingerprint density at radius 1 is 1.00 bits per heavy atom. The van der Waals surface area contributed by atoms with Crippen LogP contribution in [0.3, 0.4) is 0 Å². The number of benzene rings is 2. The van der Waals surface area contributed by atoms with Gasteiger partial charge < -0.3 is 0 Å². The normalized spacial score (nSPS) is 10.6. The van der Waals surface area contributed by atoms with Gasteiger partial charge in [0.2, 0.25) is 0 Å². The van der Waals surface area contributed by atoms with Crippen molar-refractivity contribution in [2.75, 3.05) is 0 Å². The first-order valence-corrected chi connectivity index (χ1v) is 7.39. The predicted molar refractivity (Wildman–Crippen MR) is 87.5 cm³/mol. The maximum atomic E-state index is 10.7. The van der Waals surface area contributed by atoms with Gasteiger partial charge in [0.1, 0.15) is 6.29 Å². The lowest BCUT2D eigenvalue weighted by molar-refractivity contribution is 0.112. The van der Waals surface area contributed by atoms with Crippen molar-refractivity contribution in [2.45, 2.75) is 0 Å². The first-order chi connectivity index (χ1) is 7.13. The molecule has 0 heterocycles. The Hall–Kier alpha value is 0.560. The van der Waals surface area contributed by atoms with Gasteiger partial charge >= 0.3 is 0 Å². The Balaban J connectivity index is 2.91. The van der Waals surface area contributed by atoms with E-state index in [-0.39, 0.29) is 0 Å². The third-order valence-corrected chi connectivity index (χ3v) is 6.02. The summed E-state index contributed by atoms with van der Waals surface area (Å²) < 4.78 is 3.64. The second-order valence-electron chi connectivity index (χ2n) is 3.08. The van der Waals surface area contributed by atoms with E-state index in [1.807, 2.05) is 12.1 Å². The van der Waals surface area contributed by atoms with Crippen LogP contribution in [0.1, 0.15) is 10.4 Å². The zero-order valence-electron chi connectivity index (χ0n) is 7.43. The SMILES string of the molecule is O=Cc1cc(I)c2c(I)c(I)ccc2c1. The molecule has 0 saturated heterocycles. The van der Waals surface area contributed by atoms with Crippen LogP contribution >= 0.6 is 67.8 Å². The Bertz CT molecular complexity index is 549. The molecule has 0 spiro atoms. The van der Waals surface area contributed by atoms with Crippen molar-refractivity contribution in [3.63, 3.8) is 0 Å². The maximum Gasteiger partial charge on any atom is 0.150 e. The highest BCUT2D eigenvalue weighted by Crippen LogP contribution is 2.30. The maximum absolute atomic E-state index is 10.7. The van der Waals surface area contributed by atoms with Crippen LogP contribution in [0.15, 0.2) is 24.3 Å². The largest absolute Gasteiger partial charge is 0.298 e. The summed E-state index contributed by atoms with van der Waals surface area (Å²) in [6.45, 7) is 0. The molecular weight excluding hydrogens is 529 g/mol. The molecule has 2 aromatic carbocycles. The van der Waals surface area contributed by atoms with Gasteiger partial charge in [-0.1, -0.05) is 6.07 Å². The Labute approximate surface area is 128 Å². The molecule has 0 aromatic heterocycles. The number of carbonyl (C=O) groups is 1. The van der Waals surface area contributed by atoms with Gasteiger partial charge in [-0.25, -0.2) is 0 Å². The van der Waals surface area contributed by atoms with E-state index in [1.165, 1.54) is 12.5 Å². The highest BCUT2D eigenvalue weighted by atomic mass is 127. The smallest absolute Gasteiger partial charge is 0.150 e. The summed E-state index contributed by atoms with van der Waals surface area (Å²) >= 11 is 6.96. The summed E-state index contributed by atoms with van der Waals surface area (Å²) in [6.07, 6.45) is 0.895. The van der Waals surface area contributed by atoms with Gasteiger partial charge in [0.05, 0.1) is 0 Å². The van der Waals surface area contributed by atoms with Gasteiger partial charge in [0, 0.05) is 21.7 Å². The van der Waals surface area contributed by atoms with Crippen molar-refractivity contribution in [2.24, 2.45) is 0 Å². The fourth-order valence-electron chi connectivity index (χ4n) is 1.44. The molecule has 2 aromatic rings. The summed E-state index contributed by atoms with van der Waals surface area (Å²) in [7, 11) is 0. The molecule has 0 saturated carbocycles. The molecule has 0 aliphatic rings. The minimum absolute atomic E-state index is 0.740. The van der Waals surface area contributed by atoms with E-state index in [4.69, 9.17) is 0 Å². The third kappa shape index (κ3) is 2.31. The number of aldehydes is 1. The Morgan fingerprint density at radius 2 is 1.73 bits per heavy atom. The predicted octanol–water partition coefficient (Wildman–Crippen LogP) is 4.47. The molecule has 15 heavy (non-hydrogen) atoms. The zero-order chi connectivity index (χ0) is 11.0. The van der Waals surface area contributed by atoms with E-state index < -0.39 is 0 Å². The molecule has 2 rings (SSSR count). The van der Waals surface area contributed by atoms with Crippen molar-refractivity contribution in [3.05, 3.63) is 40.5 Å². The Morgan fingerprint density at radius 3 is 2.40 bits per heavy atom. The van der Waals surface area contributed by atoms with Crippen LogP contribution in [0.2, 0.25) is 0 Å².